The number of esters is 1. The number of aliphatic carboxylic acids is 1. The molecular weight excluding hydrogens is 250 g/mol. The van der Waals surface area contributed by atoms with E-state index in [1.807, 2.05) is 0 Å². The number of piperidine rings is 1. The number of carbonyl (C=O) groups excluding carboxylic acids is 2. The second-order valence-corrected chi connectivity index (χ2v) is 4.92. The summed E-state index contributed by atoms with van der Waals surface area (Å²) in [6, 6.07) is 0. The Labute approximate surface area is 111 Å². The molecule has 0 unspecified atom stereocenters. The molecule has 0 aromatic rings. The van der Waals surface area contributed by atoms with Crippen molar-refractivity contribution in [3.63, 3.8) is 0 Å². The number of carboxylic acids is 1. The van der Waals surface area contributed by atoms with Crippen LogP contribution in [-0.4, -0.2) is 46.5 Å². The highest BCUT2D eigenvalue weighted by atomic mass is 16.6. The normalized spacial score (nSPS) is 21.8. The summed E-state index contributed by atoms with van der Waals surface area (Å²) in [6.07, 6.45) is 1.13. The Morgan fingerprint density at radius 3 is 2.42 bits per heavy atom. The van der Waals surface area contributed by atoms with Crippen molar-refractivity contribution in [2.75, 3.05) is 13.1 Å². The maximum absolute atomic E-state index is 11.6. The molecule has 6 nitrogen and oxygen atoms in total. The highest BCUT2D eigenvalue weighted by molar-refractivity contribution is 6.04. The lowest BCUT2D eigenvalue weighted by molar-refractivity contribution is -0.153. The Morgan fingerprint density at radius 1 is 1.37 bits per heavy atom. The molecule has 1 amide bonds. The van der Waals surface area contributed by atoms with Gasteiger partial charge >= 0.3 is 11.9 Å². The van der Waals surface area contributed by atoms with E-state index in [9.17, 15) is 19.5 Å². The Kier molecular flexibility index (Phi) is 3.34. The summed E-state index contributed by atoms with van der Waals surface area (Å²) in [5.74, 6) is -1.64. The van der Waals surface area contributed by atoms with Crippen molar-refractivity contribution in [3.05, 3.63) is 11.1 Å². The van der Waals surface area contributed by atoms with Gasteiger partial charge < -0.3 is 14.7 Å². The molecule has 104 valence electrons. The van der Waals surface area contributed by atoms with E-state index < -0.39 is 17.5 Å². The minimum atomic E-state index is -1.11. The van der Waals surface area contributed by atoms with Gasteiger partial charge in [0.25, 0.3) is 0 Å². The summed E-state index contributed by atoms with van der Waals surface area (Å²) in [5.41, 5.74) is -0.818. The molecule has 2 aliphatic heterocycles. The summed E-state index contributed by atoms with van der Waals surface area (Å²) in [7, 11) is 0. The van der Waals surface area contributed by atoms with Crippen LogP contribution in [0.1, 0.15) is 33.1 Å². The van der Waals surface area contributed by atoms with E-state index in [0.717, 1.165) is 0 Å². The topological polar surface area (TPSA) is 83.9 Å². The van der Waals surface area contributed by atoms with Crippen LogP contribution in [-0.2, 0) is 19.1 Å². The smallest absolute Gasteiger partial charge is 0.336 e. The predicted octanol–water partition coefficient (Wildman–Crippen LogP) is 0.716. The van der Waals surface area contributed by atoms with Gasteiger partial charge in [0.05, 0.1) is 5.57 Å². The van der Waals surface area contributed by atoms with E-state index in [-0.39, 0.29) is 17.1 Å². The van der Waals surface area contributed by atoms with Gasteiger partial charge in [-0.2, -0.15) is 0 Å². The number of hydrogen-bond donors (Lipinski definition) is 1. The molecule has 0 aromatic heterocycles. The minimum absolute atomic E-state index is 0.0387. The molecule has 0 saturated carbocycles. The van der Waals surface area contributed by atoms with Crippen molar-refractivity contribution in [1.82, 2.24) is 4.90 Å². The Bertz CT molecular complexity index is 471. The number of rotatable bonds is 2. The molecule has 0 aromatic carbocycles. The summed E-state index contributed by atoms with van der Waals surface area (Å²) < 4.78 is 5.31. The van der Waals surface area contributed by atoms with E-state index >= 15 is 0 Å². The van der Waals surface area contributed by atoms with Crippen LogP contribution >= 0.6 is 0 Å². The summed E-state index contributed by atoms with van der Waals surface area (Å²) in [5, 5.41) is 9.27. The van der Waals surface area contributed by atoms with E-state index in [1.54, 1.807) is 11.8 Å². The van der Waals surface area contributed by atoms with Gasteiger partial charge in [0, 0.05) is 37.9 Å². The number of nitrogens with zero attached hydrogens (tertiary/aromatic N) is 1. The van der Waals surface area contributed by atoms with Crippen LogP contribution in [0, 0.1) is 0 Å². The molecule has 1 saturated heterocycles. The number of likely N-dealkylation sites (tertiary alicyclic amines) is 1. The zero-order valence-corrected chi connectivity index (χ0v) is 11.1. The van der Waals surface area contributed by atoms with Crippen molar-refractivity contribution in [2.45, 2.75) is 38.7 Å². The van der Waals surface area contributed by atoms with Gasteiger partial charge in [0.1, 0.15) is 5.60 Å². The van der Waals surface area contributed by atoms with Gasteiger partial charge in [-0.25, -0.2) is 9.59 Å². The Balaban J connectivity index is 2.21. The average molecular weight is 267 g/mol. The van der Waals surface area contributed by atoms with Crippen LogP contribution < -0.4 is 0 Å². The zero-order valence-electron chi connectivity index (χ0n) is 11.1. The fraction of sp³-hybridized carbons (Fsp3) is 0.615. The van der Waals surface area contributed by atoms with Crippen LogP contribution in [0.2, 0.25) is 0 Å². The van der Waals surface area contributed by atoms with E-state index in [1.165, 1.54) is 6.92 Å². The number of hydrogen-bond acceptors (Lipinski definition) is 4. The molecule has 0 atom stereocenters. The lowest BCUT2D eigenvalue weighted by Gasteiger charge is -2.38. The third-order valence-corrected chi connectivity index (χ3v) is 3.87. The van der Waals surface area contributed by atoms with Crippen LogP contribution in [0.4, 0.5) is 0 Å². The number of ether oxygens (including phenoxy) is 1. The molecule has 19 heavy (non-hydrogen) atoms. The molecule has 1 spiro atoms. The largest absolute Gasteiger partial charge is 0.478 e. The zero-order chi connectivity index (χ0) is 14.2. The second-order valence-electron chi connectivity index (χ2n) is 4.92. The molecule has 2 heterocycles. The molecule has 0 aliphatic carbocycles. The number of carbonyl (C=O) groups is 3. The van der Waals surface area contributed by atoms with Gasteiger partial charge in [-0.1, -0.05) is 6.92 Å². The maximum atomic E-state index is 11.6. The second kappa shape index (κ2) is 4.68. The quantitative estimate of drug-likeness (QED) is 0.745. The van der Waals surface area contributed by atoms with Crippen LogP contribution in [0.5, 0.6) is 0 Å². The predicted molar refractivity (Wildman–Crippen MR) is 65.3 cm³/mol. The highest BCUT2D eigenvalue weighted by Crippen LogP contribution is 2.41. The molecule has 2 aliphatic rings. The van der Waals surface area contributed by atoms with Crippen LogP contribution in [0.25, 0.3) is 0 Å². The Hall–Kier alpha value is -1.85. The standard InChI is InChI=1S/C13H17NO5/c1-3-9(15)14-6-4-13(5-7-14)10(11(16)17)8(2)12(18)19-13/h3-7H2,1-2H3,(H,16,17). The van der Waals surface area contributed by atoms with E-state index in [0.29, 0.717) is 32.4 Å². The van der Waals surface area contributed by atoms with E-state index in [2.05, 4.69) is 0 Å². The van der Waals surface area contributed by atoms with Crippen LogP contribution in [0.15, 0.2) is 11.1 Å². The fourth-order valence-corrected chi connectivity index (χ4v) is 2.80. The van der Waals surface area contributed by atoms with Gasteiger partial charge in [-0.05, 0) is 6.92 Å². The number of carboxylic acid groups (broad SMARTS) is 1. The lowest BCUT2D eigenvalue weighted by atomic mass is 9.83. The van der Waals surface area contributed by atoms with Crippen molar-refractivity contribution in [3.8, 4) is 0 Å². The van der Waals surface area contributed by atoms with Crippen molar-refractivity contribution < 1.29 is 24.2 Å². The molecule has 2 rings (SSSR count). The molecule has 1 fully saturated rings. The highest BCUT2D eigenvalue weighted by Gasteiger charge is 2.51. The molecule has 6 heteroatoms. The van der Waals surface area contributed by atoms with E-state index in [4.69, 9.17) is 4.74 Å². The monoisotopic (exact) mass is 267 g/mol. The molecule has 1 N–H and O–H groups in total. The first kappa shape index (κ1) is 13.6. The van der Waals surface area contributed by atoms with Crippen molar-refractivity contribution >= 4 is 17.8 Å². The summed E-state index contributed by atoms with van der Waals surface area (Å²) in [6.45, 7) is 4.10. The minimum Gasteiger partial charge on any atom is -0.478 e. The number of amides is 1. The first-order valence-corrected chi connectivity index (χ1v) is 6.37. The Morgan fingerprint density at radius 2 is 1.95 bits per heavy atom. The molecule has 0 radical (unpaired) electrons. The average Bonchev–Trinajstić information content (AvgIpc) is 2.61. The third-order valence-electron chi connectivity index (χ3n) is 3.87. The summed E-state index contributed by atoms with van der Waals surface area (Å²) in [4.78, 5) is 36.2. The van der Waals surface area contributed by atoms with Crippen LogP contribution in [0.3, 0.4) is 0 Å². The lowest BCUT2D eigenvalue weighted by Crippen LogP contribution is -2.48. The van der Waals surface area contributed by atoms with Crippen molar-refractivity contribution in [1.29, 1.82) is 0 Å². The van der Waals surface area contributed by atoms with Gasteiger partial charge in [0.2, 0.25) is 5.91 Å². The first-order valence-electron chi connectivity index (χ1n) is 6.37. The SMILES string of the molecule is CCC(=O)N1CCC2(CC1)OC(=O)C(C)=C2C(=O)O. The van der Waals surface area contributed by atoms with Gasteiger partial charge in [0.15, 0.2) is 0 Å². The molecular formula is C13H17NO5. The van der Waals surface area contributed by atoms with Gasteiger partial charge in [-0.15, -0.1) is 0 Å². The van der Waals surface area contributed by atoms with Gasteiger partial charge in [-0.3, -0.25) is 4.79 Å². The first-order chi connectivity index (χ1) is 8.91. The maximum Gasteiger partial charge on any atom is 0.336 e. The molecule has 0 bridgehead atoms. The summed E-state index contributed by atoms with van der Waals surface area (Å²) >= 11 is 0. The third kappa shape index (κ3) is 2.11. The fourth-order valence-electron chi connectivity index (χ4n) is 2.80. The van der Waals surface area contributed by atoms with Crippen molar-refractivity contribution in [2.24, 2.45) is 0 Å².